The first kappa shape index (κ1) is 21.9. The van der Waals surface area contributed by atoms with Crippen molar-refractivity contribution >= 4 is 17.6 Å². The molecule has 5 rings (SSSR count). The van der Waals surface area contributed by atoms with E-state index in [1.54, 1.807) is 6.07 Å². The van der Waals surface area contributed by atoms with E-state index in [1.807, 2.05) is 0 Å². The van der Waals surface area contributed by atoms with E-state index in [4.69, 9.17) is 5.73 Å². The summed E-state index contributed by atoms with van der Waals surface area (Å²) in [4.78, 5) is 19.0. The predicted molar refractivity (Wildman–Crippen MR) is 115 cm³/mol. The molecule has 3 fully saturated rings. The molecule has 12 heteroatoms. The smallest absolute Gasteiger partial charge is 0.387 e. The lowest BCUT2D eigenvalue weighted by Gasteiger charge is -2.45. The second-order valence-corrected chi connectivity index (χ2v) is 8.73. The molecule has 8 nitrogen and oxygen atoms in total. The molecule has 3 aliphatic heterocycles. The van der Waals surface area contributed by atoms with Crippen LogP contribution in [0.1, 0.15) is 19.3 Å². The molecule has 5 heterocycles. The minimum absolute atomic E-state index is 0.131. The SMILES string of the molecule is Nc1ncc(-c2cc(N3CC(N4CCCC4)C3)nc(N3CCC(F)(F)C3)n2)cc1OC(F)F. The fraction of sp³-hybridized carbons (Fsp3) is 0.571. The van der Waals surface area contributed by atoms with E-state index in [0.717, 1.165) is 26.2 Å². The van der Waals surface area contributed by atoms with Gasteiger partial charge in [0.1, 0.15) is 5.82 Å². The van der Waals surface area contributed by atoms with Gasteiger partial charge in [-0.2, -0.15) is 13.8 Å². The van der Waals surface area contributed by atoms with Gasteiger partial charge in [0.05, 0.1) is 12.2 Å². The summed E-state index contributed by atoms with van der Waals surface area (Å²) in [6, 6.07) is 3.48. The average molecular weight is 467 g/mol. The van der Waals surface area contributed by atoms with Crippen molar-refractivity contribution in [3.8, 4) is 17.0 Å². The number of nitrogens with two attached hydrogens (primary N) is 1. The number of anilines is 3. The number of ether oxygens (including phenoxy) is 1. The third-order valence-corrected chi connectivity index (χ3v) is 6.39. The Labute approximate surface area is 188 Å². The Morgan fingerprint density at radius 2 is 1.82 bits per heavy atom. The van der Waals surface area contributed by atoms with Gasteiger partial charge in [0.2, 0.25) is 5.95 Å². The summed E-state index contributed by atoms with van der Waals surface area (Å²) < 4.78 is 57.7. The average Bonchev–Trinajstić information content (AvgIpc) is 3.38. The van der Waals surface area contributed by atoms with Crippen molar-refractivity contribution in [1.82, 2.24) is 19.9 Å². The highest BCUT2D eigenvalue weighted by Crippen LogP contribution is 2.35. The molecule has 3 saturated heterocycles. The van der Waals surface area contributed by atoms with E-state index < -0.39 is 19.1 Å². The van der Waals surface area contributed by atoms with Gasteiger partial charge < -0.3 is 20.3 Å². The maximum atomic E-state index is 13.9. The summed E-state index contributed by atoms with van der Waals surface area (Å²) in [6.07, 6.45) is 3.53. The molecule has 3 aliphatic rings. The molecule has 0 spiro atoms. The third-order valence-electron chi connectivity index (χ3n) is 6.39. The standard InChI is InChI=1S/C21H25F4N7O/c22-19(23)33-16-7-13(9-27-18(16)26)15-8-17(32-10-14(11-32)30-4-1-2-5-30)29-20(28-15)31-6-3-21(24,25)12-31/h7-9,14,19H,1-6,10-12H2,(H2,26,27). The molecule has 2 N–H and O–H groups in total. The Balaban J connectivity index is 1.46. The zero-order valence-electron chi connectivity index (χ0n) is 17.9. The molecule has 0 amide bonds. The van der Waals surface area contributed by atoms with Crippen molar-refractivity contribution in [1.29, 1.82) is 0 Å². The van der Waals surface area contributed by atoms with E-state index in [-0.39, 0.29) is 30.5 Å². The maximum Gasteiger partial charge on any atom is 0.387 e. The molecule has 0 radical (unpaired) electrons. The van der Waals surface area contributed by atoms with Gasteiger partial charge in [-0.3, -0.25) is 4.90 Å². The monoisotopic (exact) mass is 467 g/mol. The maximum absolute atomic E-state index is 13.9. The van der Waals surface area contributed by atoms with Crippen LogP contribution in [-0.2, 0) is 0 Å². The van der Waals surface area contributed by atoms with E-state index in [2.05, 4.69) is 29.5 Å². The molecular weight excluding hydrogens is 442 g/mol. The molecule has 0 bridgehead atoms. The molecule has 0 atom stereocenters. The quantitative estimate of drug-likeness (QED) is 0.650. The van der Waals surface area contributed by atoms with Crippen molar-refractivity contribution in [2.75, 3.05) is 54.8 Å². The highest BCUT2D eigenvalue weighted by molar-refractivity contribution is 5.68. The van der Waals surface area contributed by atoms with E-state index in [9.17, 15) is 17.6 Å². The van der Waals surface area contributed by atoms with Crippen LogP contribution in [-0.4, -0.2) is 77.7 Å². The lowest BCUT2D eigenvalue weighted by Crippen LogP contribution is -2.59. The van der Waals surface area contributed by atoms with Gasteiger partial charge in [0, 0.05) is 49.9 Å². The Morgan fingerprint density at radius 1 is 1.06 bits per heavy atom. The summed E-state index contributed by atoms with van der Waals surface area (Å²) in [6.45, 7) is 0.351. The van der Waals surface area contributed by atoms with Crippen molar-refractivity contribution in [3.63, 3.8) is 0 Å². The van der Waals surface area contributed by atoms with Crippen LogP contribution in [0.15, 0.2) is 18.3 Å². The Hall–Kier alpha value is -2.89. The van der Waals surface area contributed by atoms with E-state index in [0.29, 0.717) is 23.1 Å². The number of rotatable bonds is 6. The van der Waals surface area contributed by atoms with Crippen LogP contribution < -0.4 is 20.3 Å². The van der Waals surface area contributed by atoms with Crippen LogP contribution in [0, 0.1) is 0 Å². The van der Waals surface area contributed by atoms with Crippen molar-refractivity contribution in [2.45, 2.75) is 37.8 Å². The summed E-state index contributed by atoms with van der Waals surface area (Å²) in [7, 11) is 0. The number of alkyl halides is 4. The molecule has 0 aromatic carbocycles. The molecule has 2 aromatic heterocycles. The van der Waals surface area contributed by atoms with Crippen LogP contribution in [0.4, 0.5) is 35.1 Å². The number of halogens is 4. The lowest BCUT2D eigenvalue weighted by atomic mass is 10.1. The summed E-state index contributed by atoms with van der Waals surface area (Å²) in [5.41, 5.74) is 6.41. The highest BCUT2D eigenvalue weighted by atomic mass is 19.3. The molecule has 178 valence electrons. The first-order valence-corrected chi connectivity index (χ1v) is 11.0. The second kappa shape index (κ2) is 8.47. The third kappa shape index (κ3) is 4.61. The second-order valence-electron chi connectivity index (χ2n) is 8.73. The van der Waals surface area contributed by atoms with Gasteiger partial charge in [0.15, 0.2) is 11.6 Å². The first-order chi connectivity index (χ1) is 15.8. The zero-order valence-corrected chi connectivity index (χ0v) is 17.9. The van der Waals surface area contributed by atoms with Gasteiger partial charge in [-0.1, -0.05) is 0 Å². The summed E-state index contributed by atoms with van der Waals surface area (Å²) in [5, 5.41) is 0. The van der Waals surface area contributed by atoms with Crippen LogP contribution in [0.2, 0.25) is 0 Å². The topological polar surface area (TPSA) is 83.6 Å². The lowest BCUT2D eigenvalue weighted by molar-refractivity contribution is -0.0494. The van der Waals surface area contributed by atoms with Gasteiger partial charge in [-0.05, 0) is 32.0 Å². The van der Waals surface area contributed by atoms with Crippen molar-refractivity contribution in [3.05, 3.63) is 18.3 Å². The summed E-state index contributed by atoms with van der Waals surface area (Å²) in [5.74, 6) is -2.47. The molecule has 0 aliphatic carbocycles. The molecule has 33 heavy (non-hydrogen) atoms. The number of likely N-dealkylation sites (tertiary alicyclic amines) is 1. The molecule has 2 aromatic rings. The van der Waals surface area contributed by atoms with Crippen LogP contribution in [0.25, 0.3) is 11.3 Å². The highest BCUT2D eigenvalue weighted by Gasteiger charge is 2.40. The number of pyridine rings is 1. The van der Waals surface area contributed by atoms with Crippen LogP contribution >= 0.6 is 0 Å². The van der Waals surface area contributed by atoms with Gasteiger partial charge in [-0.15, -0.1) is 0 Å². The fourth-order valence-corrected chi connectivity index (χ4v) is 4.55. The zero-order chi connectivity index (χ0) is 23.2. The Bertz CT molecular complexity index is 1010. The van der Waals surface area contributed by atoms with Gasteiger partial charge in [0.25, 0.3) is 5.92 Å². The number of nitrogens with zero attached hydrogens (tertiary/aromatic N) is 6. The largest absolute Gasteiger partial charge is 0.431 e. The predicted octanol–water partition coefficient (Wildman–Crippen LogP) is 2.85. The first-order valence-electron chi connectivity index (χ1n) is 11.0. The minimum atomic E-state index is -3.06. The molecule has 0 saturated carbocycles. The normalized spacial score (nSPS) is 21.1. The number of aromatic nitrogens is 3. The minimum Gasteiger partial charge on any atom is -0.431 e. The van der Waals surface area contributed by atoms with Gasteiger partial charge >= 0.3 is 6.61 Å². The fourth-order valence-electron chi connectivity index (χ4n) is 4.55. The Morgan fingerprint density at radius 3 is 2.48 bits per heavy atom. The summed E-state index contributed by atoms with van der Waals surface area (Å²) >= 11 is 0. The number of hydrogen-bond donors (Lipinski definition) is 1. The van der Waals surface area contributed by atoms with E-state index in [1.165, 1.54) is 30.0 Å². The molecule has 0 unspecified atom stereocenters. The number of nitrogen functional groups attached to an aromatic ring is 1. The van der Waals surface area contributed by atoms with Crippen LogP contribution in [0.5, 0.6) is 5.75 Å². The number of hydrogen-bond acceptors (Lipinski definition) is 8. The molecular formula is C21H25F4N7O. The van der Waals surface area contributed by atoms with Crippen LogP contribution in [0.3, 0.4) is 0 Å². The van der Waals surface area contributed by atoms with Gasteiger partial charge in [-0.25, -0.2) is 18.7 Å². The van der Waals surface area contributed by atoms with E-state index >= 15 is 0 Å². The van der Waals surface area contributed by atoms with Crippen molar-refractivity contribution < 1.29 is 22.3 Å². The Kier molecular flexibility index (Phi) is 5.63. The van der Waals surface area contributed by atoms with Crippen molar-refractivity contribution in [2.24, 2.45) is 0 Å².